The number of rotatable bonds is 4. The first-order chi connectivity index (χ1) is 8.12. The average molecular weight is 238 g/mol. The van der Waals surface area contributed by atoms with Crippen LogP contribution in [0.5, 0.6) is 0 Å². The minimum atomic E-state index is 0.354. The van der Waals surface area contributed by atoms with Crippen molar-refractivity contribution in [3.63, 3.8) is 0 Å². The van der Waals surface area contributed by atoms with Crippen LogP contribution in [-0.2, 0) is 0 Å². The van der Waals surface area contributed by atoms with Crippen LogP contribution in [0.4, 0.5) is 0 Å². The highest BCUT2D eigenvalue weighted by Crippen LogP contribution is 2.29. The van der Waals surface area contributed by atoms with E-state index < -0.39 is 0 Å². The van der Waals surface area contributed by atoms with Gasteiger partial charge < -0.3 is 5.32 Å². The van der Waals surface area contributed by atoms with E-state index in [1.165, 1.54) is 51.6 Å². The van der Waals surface area contributed by atoms with Gasteiger partial charge in [-0.1, -0.05) is 26.2 Å². The minimum Gasteiger partial charge on any atom is -0.311 e. The third kappa shape index (κ3) is 3.45. The van der Waals surface area contributed by atoms with Gasteiger partial charge in [0.05, 0.1) is 0 Å². The molecule has 0 bridgehead atoms. The van der Waals surface area contributed by atoms with Crippen LogP contribution < -0.4 is 5.32 Å². The molecule has 2 nitrogen and oxygen atoms in total. The van der Waals surface area contributed by atoms with Crippen LogP contribution in [0.3, 0.4) is 0 Å². The molecule has 0 radical (unpaired) electrons. The fourth-order valence-corrected chi connectivity index (χ4v) is 3.45. The van der Waals surface area contributed by atoms with E-state index in [0.717, 1.165) is 18.5 Å². The summed E-state index contributed by atoms with van der Waals surface area (Å²) in [6.45, 7) is 10.9. The van der Waals surface area contributed by atoms with E-state index in [-0.39, 0.29) is 0 Å². The van der Waals surface area contributed by atoms with Crippen molar-refractivity contribution in [3.05, 3.63) is 0 Å². The Kier molecular flexibility index (Phi) is 4.48. The maximum atomic E-state index is 3.72. The van der Waals surface area contributed by atoms with Crippen LogP contribution in [-0.4, -0.2) is 36.1 Å². The quantitative estimate of drug-likeness (QED) is 0.810. The molecule has 100 valence electrons. The van der Waals surface area contributed by atoms with Gasteiger partial charge in [-0.15, -0.1) is 0 Å². The molecule has 2 fully saturated rings. The normalized spacial score (nSPS) is 30.9. The molecule has 1 N–H and O–H groups in total. The second-order valence-corrected chi connectivity index (χ2v) is 6.73. The summed E-state index contributed by atoms with van der Waals surface area (Å²) in [5.74, 6) is 0.981. The smallest absolute Gasteiger partial charge is 0.0278 e. The van der Waals surface area contributed by atoms with Gasteiger partial charge in [-0.05, 0) is 39.0 Å². The predicted molar refractivity (Wildman–Crippen MR) is 74.3 cm³/mol. The Morgan fingerprint density at radius 1 is 1.24 bits per heavy atom. The Labute approximate surface area is 107 Å². The Morgan fingerprint density at radius 2 is 1.94 bits per heavy atom. The minimum absolute atomic E-state index is 0.354. The molecule has 1 saturated heterocycles. The highest BCUT2D eigenvalue weighted by molar-refractivity contribution is 4.93. The summed E-state index contributed by atoms with van der Waals surface area (Å²) in [5.41, 5.74) is 0.354. The number of hydrogen-bond donors (Lipinski definition) is 1. The Balaban J connectivity index is 1.90. The summed E-state index contributed by atoms with van der Waals surface area (Å²) in [6.07, 6.45) is 8.51. The van der Waals surface area contributed by atoms with Crippen LogP contribution >= 0.6 is 0 Å². The van der Waals surface area contributed by atoms with Crippen LogP contribution in [0.1, 0.15) is 59.3 Å². The largest absolute Gasteiger partial charge is 0.311 e. The second-order valence-electron chi connectivity index (χ2n) is 6.73. The van der Waals surface area contributed by atoms with Crippen molar-refractivity contribution >= 4 is 0 Å². The van der Waals surface area contributed by atoms with Gasteiger partial charge >= 0.3 is 0 Å². The topological polar surface area (TPSA) is 15.3 Å². The van der Waals surface area contributed by atoms with Crippen LogP contribution in [0.15, 0.2) is 0 Å². The molecular weight excluding hydrogens is 208 g/mol. The van der Waals surface area contributed by atoms with Crippen molar-refractivity contribution in [2.45, 2.75) is 70.9 Å². The summed E-state index contributed by atoms with van der Waals surface area (Å²) in [4.78, 5) is 2.76. The lowest BCUT2D eigenvalue weighted by Gasteiger charge is -2.47. The number of hydrogen-bond acceptors (Lipinski definition) is 2. The molecule has 2 heteroatoms. The van der Waals surface area contributed by atoms with E-state index in [9.17, 15) is 0 Å². The third-order valence-electron chi connectivity index (χ3n) is 4.71. The van der Waals surface area contributed by atoms with Crippen molar-refractivity contribution in [2.75, 3.05) is 19.6 Å². The summed E-state index contributed by atoms with van der Waals surface area (Å²) in [6, 6.07) is 0.731. The summed E-state index contributed by atoms with van der Waals surface area (Å²) in [7, 11) is 0. The zero-order chi connectivity index (χ0) is 12.3. The van der Waals surface area contributed by atoms with E-state index in [2.05, 4.69) is 31.0 Å². The molecule has 1 unspecified atom stereocenters. The van der Waals surface area contributed by atoms with E-state index >= 15 is 0 Å². The van der Waals surface area contributed by atoms with Gasteiger partial charge in [0.25, 0.3) is 0 Å². The Morgan fingerprint density at radius 3 is 2.59 bits per heavy atom. The number of nitrogens with one attached hydrogen (secondary N) is 1. The van der Waals surface area contributed by atoms with Crippen molar-refractivity contribution in [2.24, 2.45) is 5.92 Å². The van der Waals surface area contributed by atoms with Gasteiger partial charge in [0.1, 0.15) is 0 Å². The SMILES string of the molecule is CCCC1CN(CC2CCCC2)C(C)(C)CN1. The van der Waals surface area contributed by atoms with E-state index in [0.29, 0.717) is 5.54 Å². The van der Waals surface area contributed by atoms with Crippen LogP contribution in [0.25, 0.3) is 0 Å². The first-order valence-corrected chi connectivity index (χ1v) is 7.60. The molecule has 2 rings (SSSR count). The van der Waals surface area contributed by atoms with Crippen LogP contribution in [0.2, 0.25) is 0 Å². The lowest BCUT2D eigenvalue weighted by atomic mass is 9.93. The molecule has 0 aromatic rings. The molecule has 1 saturated carbocycles. The van der Waals surface area contributed by atoms with Gasteiger partial charge in [0.15, 0.2) is 0 Å². The Hall–Kier alpha value is -0.0800. The van der Waals surface area contributed by atoms with Gasteiger partial charge in [-0.2, -0.15) is 0 Å². The van der Waals surface area contributed by atoms with E-state index in [1.807, 2.05) is 0 Å². The second kappa shape index (κ2) is 5.71. The maximum absolute atomic E-state index is 3.72. The van der Waals surface area contributed by atoms with Gasteiger partial charge in [-0.25, -0.2) is 0 Å². The van der Waals surface area contributed by atoms with Crippen molar-refractivity contribution in [1.29, 1.82) is 0 Å². The lowest BCUT2D eigenvalue weighted by Crippen LogP contribution is -2.62. The number of piperazine rings is 1. The van der Waals surface area contributed by atoms with Crippen molar-refractivity contribution in [1.82, 2.24) is 10.2 Å². The molecule has 0 amide bonds. The summed E-state index contributed by atoms with van der Waals surface area (Å²) >= 11 is 0. The molecule has 0 aromatic carbocycles. The molecule has 1 atom stereocenters. The lowest BCUT2D eigenvalue weighted by molar-refractivity contribution is 0.0493. The molecule has 2 aliphatic rings. The van der Waals surface area contributed by atoms with Crippen molar-refractivity contribution in [3.8, 4) is 0 Å². The third-order valence-corrected chi connectivity index (χ3v) is 4.71. The number of nitrogens with zero attached hydrogens (tertiary/aromatic N) is 1. The first-order valence-electron chi connectivity index (χ1n) is 7.60. The van der Waals surface area contributed by atoms with Gasteiger partial charge in [0, 0.05) is 31.2 Å². The van der Waals surface area contributed by atoms with Gasteiger partial charge in [-0.3, -0.25) is 4.90 Å². The summed E-state index contributed by atoms with van der Waals surface area (Å²) in [5, 5.41) is 3.72. The van der Waals surface area contributed by atoms with Crippen LogP contribution in [0, 0.1) is 5.92 Å². The summed E-state index contributed by atoms with van der Waals surface area (Å²) < 4.78 is 0. The zero-order valence-corrected chi connectivity index (χ0v) is 12.0. The fraction of sp³-hybridized carbons (Fsp3) is 1.00. The fourth-order valence-electron chi connectivity index (χ4n) is 3.45. The molecule has 1 aliphatic carbocycles. The average Bonchev–Trinajstić information content (AvgIpc) is 2.76. The highest BCUT2D eigenvalue weighted by atomic mass is 15.3. The zero-order valence-electron chi connectivity index (χ0n) is 12.0. The monoisotopic (exact) mass is 238 g/mol. The molecular formula is C15H30N2. The van der Waals surface area contributed by atoms with E-state index in [1.54, 1.807) is 0 Å². The maximum Gasteiger partial charge on any atom is 0.0278 e. The van der Waals surface area contributed by atoms with E-state index in [4.69, 9.17) is 0 Å². The molecule has 17 heavy (non-hydrogen) atoms. The first kappa shape index (κ1) is 13.4. The molecule has 1 heterocycles. The highest BCUT2D eigenvalue weighted by Gasteiger charge is 2.34. The van der Waals surface area contributed by atoms with Gasteiger partial charge in [0.2, 0.25) is 0 Å². The standard InChI is InChI=1S/C15H30N2/c1-4-7-14-11-17(15(2,3)12-16-14)10-13-8-5-6-9-13/h13-14,16H,4-12H2,1-3H3. The molecule has 0 spiro atoms. The molecule has 1 aliphatic heterocycles. The molecule has 0 aromatic heterocycles. The predicted octanol–water partition coefficient (Wildman–Crippen LogP) is 3.03. The van der Waals surface area contributed by atoms with Crippen molar-refractivity contribution < 1.29 is 0 Å². The Bertz CT molecular complexity index is 231.